The molecule has 0 aliphatic carbocycles. The van der Waals surface area contributed by atoms with Gasteiger partial charge in [-0.15, -0.1) is 0 Å². The maximum atomic E-state index is 14.1. The van der Waals surface area contributed by atoms with Crippen molar-refractivity contribution in [2.24, 2.45) is 0 Å². The van der Waals surface area contributed by atoms with Crippen LogP contribution in [0, 0.1) is 5.82 Å². The predicted octanol–water partition coefficient (Wildman–Crippen LogP) is 3.53. The minimum atomic E-state index is -4.12. The fraction of sp³-hybridized carbons (Fsp3) is 0.0769. The first-order valence-corrected chi connectivity index (χ1v) is 8.36. The summed E-state index contributed by atoms with van der Waals surface area (Å²) in [6.45, 7) is -0.602. The van der Waals surface area contributed by atoms with E-state index in [0.717, 1.165) is 6.07 Å². The second-order valence-corrected chi connectivity index (χ2v) is 7.15. The minimum Gasteiger partial charge on any atom is -0.392 e. The zero-order chi connectivity index (χ0) is 15.6. The van der Waals surface area contributed by atoms with E-state index in [1.807, 2.05) is 0 Å². The molecule has 0 radical (unpaired) electrons. The van der Waals surface area contributed by atoms with Gasteiger partial charge in [0, 0.05) is 20.7 Å². The molecule has 2 rings (SSSR count). The van der Waals surface area contributed by atoms with Crippen LogP contribution < -0.4 is 4.72 Å². The number of anilines is 1. The van der Waals surface area contributed by atoms with Crippen LogP contribution in [0.5, 0.6) is 0 Å². The summed E-state index contributed by atoms with van der Waals surface area (Å²) < 4.78 is 41.2. The highest BCUT2D eigenvalue weighted by atomic mass is 79.9. The van der Waals surface area contributed by atoms with Crippen LogP contribution in [0.25, 0.3) is 0 Å². The van der Waals surface area contributed by atoms with E-state index in [-0.39, 0.29) is 11.3 Å². The highest BCUT2D eigenvalue weighted by Crippen LogP contribution is 2.26. The summed E-state index contributed by atoms with van der Waals surface area (Å²) in [5.74, 6) is -0.984. The van der Waals surface area contributed by atoms with Crippen LogP contribution in [0.4, 0.5) is 10.1 Å². The van der Waals surface area contributed by atoms with Crippen molar-refractivity contribution in [1.82, 2.24) is 0 Å². The topological polar surface area (TPSA) is 66.4 Å². The Hall–Kier alpha value is -1.15. The normalized spacial score (nSPS) is 11.4. The van der Waals surface area contributed by atoms with Crippen LogP contribution in [0.1, 0.15) is 5.56 Å². The highest BCUT2D eigenvalue weighted by molar-refractivity contribution is 9.10. The second kappa shape index (κ2) is 6.31. The fourth-order valence-electron chi connectivity index (χ4n) is 1.66. The summed E-state index contributed by atoms with van der Waals surface area (Å²) in [4.78, 5) is -0.545. The van der Waals surface area contributed by atoms with Gasteiger partial charge in [0.1, 0.15) is 10.7 Å². The Balaban J connectivity index is 2.44. The average molecular weight is 395 g/mol. The lowest BCUT2D eigenvalue weighted by Gasteiger charge is -2.11. The monoisotopic (exact) mass is 393 g/mol. The molecule has 0 unspecified atom stereocenters. The zero-order valence-corrected chi connectivity index (χ0v) is 13.6. The molecule has 0 saturated carbocycles. The zero-order valence-electron chi connectivity index (χ0n) is 10.5. The molecule has 4 nitrogen and oxygen atoms in total. The number of rotatable bonds is 4. The smallest absolute Gasteiger partial charge is 0.264 e. The molecule has 0 aromatic heterocycles. The highest BCUT2D eigenvalue weighted by Gasteiger charge is 2.22. The van der Waals surface area contributed by atoms with E-state index in [1.54, 1.807) is 0 Å². The molecule has 2 N–H and O–H groups in total. The van der Waals surface area contributed by atoms with E-state index in [0.29, 0.717) is 9.50 Å². The largest absolute Gasteiger partial charge is 0.392 e. The predicted molar refractivity (Wildman–Crippen MR) is 82.3 cm³/mol. The SMILES string of the molecule is O=S(=O)(Nc1ccc(Cl)cc1)c1cc(Br)cc(CO)c1F. The average Bonchev–Trinajstić information content (AvgIpc) is 2.43. The Morgan fingerprint density at radius 3 is 2.43 bits per heavy atom. The first kappa shape index (κ1) is 16.2. The summed E-state index contributed by atoms with van der Waals surface area (Å²) in [5.41, 5.74) is 0.144. The molecule has 112 valence electrons. The van der Waals surface area contributed by atoms with E-state index in [1.165, 1.54) is 30.3 Å². The first-order chi connectivity index (χ1) is 9.83. The first-order valence-electron chi connectivity index (χ1n) is 5.70. The molecule has 0 bridgehead atoms. The number of benzene rings is 2. The van der Waals surface area contributed by atoms with Gasteiger partial charge in [0.2, 0.25) is 0 Å². The molecule has 0 spiro atoms. The summed E-state index contributed by atoms with van der Waals surface area (Å²) in [5, 5.41) is 9.52. The van der Waals surface area contributed by atoms with Crippen LogP contribution in [-0.2, 0) is 16.6 Å². The molecular formula is C13H10BrClFNO3S. The van der Waals surface area contributed by atoms with Gasteiger partial charge in [-0.05, 0) is 36.4 Å². The van der Waals surface area contributed by atoms with Gasteiger partial charge >= 0.3 is 0 Å². The van der Waals surface area contributed by atoms with E-state index in [4.69, 9.17) is 16.7 Å². The van der Waals surface area contributed by atoms with Crippen LogP contribution in [0.2, 0.25) is 5.02 Å². The van der Waals surface area contributed by atoms with Crippen LogP contribution >= 0.6 is 27.5 Å². The maximum absolute atomic E-state index is 14.1. The van der Waals surface area contributed by atoms with Crippen molar-refractivity contribution in [3.63, 3.8) is 0 Å². The second-order valence-electron chi connectivity index (χ2n) is 4.15. The van der Waals surface area contributed by atoms with Crippen LogP contribution in [0.3, 0.4) is 0 Å². The van der Waals surface area contributed by atoms with Crippen molar-refractivity contribution in [2.45, 2.75) is 11.5 Å². The third-order valence-corrected chi connectivity index (χ3v) is 4.73. The summed E-state index contributed by atoms with van der Waals surface area (Å²) >= 11 is 8.80. The fourth-order valence-corrected chi connectivity index (χ4v) is 3.65. The number of hydrogen-bond donors (Lipinski definition) is 2. The van der Waals surface area contributed by atoms with Gasteiger partial charge in [-0.25, -0.2) is 12.8 Å². The van der Waals surface area contributed by atoms with E-state index in [2.05, 4.69) is 20.7 Å². The summed E-state index contributed by atoms with van der Waals surface area (Å²) in [6, 6.07) is 8.39. The van der Waals surface area contributed by atoms with Gasteiger partial charge in [-0.2, -0.15) is 0 Å². The number of sulfonamides is 1. The van der Waals surface area contributed by atoms with Gasteiger partial charge in [0.25, 0.3) is 10.0 Å². The quantitative estimate of drug-likeness (QED) is 0.833. The van der Waals surface area contributed by atoms with Crippen LogP contribution in [-0.4, -0.2) is 13.5 Å². The van der Waals surface area contributed by atoms with Gasteiger partial charge < -0.3 is 5.11 Å². The number of nitrogens with one attached hydrogen (secondary N) is 1. The van der Waals surface area contributed by atoms with Gasteiger partial charge in [0.05, 0.1) is 6.61 Å². The Morgan fingerprint density at radius 1 is 1.24 bits per heavy atom. The van der Waals surface area contributed by atoms with E-state index < -0.39 is 27.3 Å². The molecular weight excluding hydrogens is 385 g/mol. The van der Waals surface area contributed by atoms with Gasteiger partial charge in [0.15, 0.2) is 0 Å². The summed E-state index contributed by atoms with van der Waals surface area (Å²) in [6.07, 6.45) is 0. The van der Waals surface area contributed by atoms with E-state index in [9.17, 15) is 12.8 Å². The molecule has 0 saturated heterocycles. The lowest BCUT2D eigenvalue weighted by molar-refractivity contribution is 0.274. The number of aliphatic hydroxyl groups is 1. The molecule has 0 fully saturated rings. The van der Waals surface area contributed by atoms with Gasteiger partial charge in [-0.3, -0.25) is 4.72 Å². The Bertz CT molecular complexity index is 766. The third-order valence-electron chi connectivity index (χ3n) is 2.64. The Morgan fingerprint density at radius 2 is 1.86 bits per heavy atom. The lowest BCUT2D eigenvalue weighted by Crippen LogP contribution is -2.15. The third kappa shape index (κ3) is 3.74. The molecule has 0 amide bonds. The van der Waals surface area contributed by atoms with Crippen molar-refractivity contribution in [3.8, 4) is 0 Å². The molecule has 0 atom stereocenters. The van der Waals surface area contributed by atoms with Gasteiger partial charge in [-0.1, -0.05) is 27.5 Å². The number of hydrogen-bond acceptors (Lipinski definition) is 3. The molecule has 0 heterocycles. The molecule has 0 aliphatic rings. The lowest BCUT2D eigenvalue weighted by atomic mass is 10.2. The van der Waals surface area contributed by atoms with Crippen LogP contribution in [0.15, 0.2) is 45.8 Å². The number of aliphatic hydroxyl groups excluding tert-OH is 1. The van der Waals surface area contributed by atoms with Crippen molar-refractivity contribution >= 4 is 43.2 Å². The summed E-state index contributed by atoms with van der Waals surface area (Å²) in [7, 11) is -4.12. The Labute approximate surface area is 134 Å². The van der Waals surface area contributed by atoms with Crippen molar-refractivity contribution in [2.75, 3.05) is 4.72 Å². The van der Waals surface area contributed by atoms with Crippen molar-refractivity contribution in [1.29, 1.82) is 0 Å². The molecule has 2 aromatic rings. The van der Waals surface area contributed by atoms with Crippen molar-refractivity contribution < 1.29 is 17.9 Å². The molecule has 21 heavy (non-hydrogen) atoms. The van der Waals surface area contributed by atoms with Crippen molar-refractivity contribution in [3.05, 3.63) is 57.3 Å². The number of halogens is 3. The Kier molecular flexibility index (Phi) is 4.88. The van der Waals surface area contributed by atoms with E-state index >= 15 is 0 Å². The molecule has 8 heteroatoms. The minimum absolute atomic E-state index is 0.110. The maximum Gasteiger partial charge on any atom is 0.264 e. The molecule has 2 aromatic carbocycles. The molecule has 0 aliphatic heterocycles. The standard InChI is InChI=1S/C13H10BrClFNO3S/c14-9-5-8(7-18)13(16)12(6-9)21(19,20)17-11-3-1-10(15)2-4-11/h1-6,17-18H,7H2.